The molecule has 3 rings (SSSR count). The first-order chi connectivity index (χ1) is 9.34. The fraction of sp³-hybridized carbons (Fsp3) is 0.882. The summed E-state index contributed by atoms with van der Waals surface area (Å²) in [5.74, 6) is 3.65. The first kappa shape index (κ1) is 13.6. The van der Waals surface area contributed by atoms with E-state index in [1.54, 1.807) is 0 Å². The van der Waals surface area contributed by atoms with Gasteiger partial charge in [0.1, 0.15) is 0 Å². The molecule has 2 heteroatoms. The van der Waals surface area contributed by atoms with Crippen molar-refractivity contribution in [3.63, 3.8) is 0 Å². The quantitative estimate of drug-likeness (QED) is 0.724. The highest BCUT2D eigenvalue weighted by Crippen LogP contribution is 2.43. The highest BCUT2D eigenvalue weighted by Gasteiger charge is 2.35. The molecule has 0 spiro atoms. The summed E-state index contributed by atoms with van der Waals surface area (Å²) in [6, 6.07) is 0. The van der Waals surface area contributed by atoms with Crippen molar-refractivity contribution in [2.24, 2.45) is 23.7 Å². The first-order valence-electron chi connectivity index (χ1n) is 8.31. The number of allylic oxidation sites excluding steroid dienone is 2. The van der Waals surface area contributed by atoms with E-state index in [9.17, 15) is 0 Å². The van der Waals surface area contributed by atoms with E-state index in [1.807, 2.05) is 0 Å². The van der Waals surface area contributed by atoms with Crippen LogP contribution in [0.15, 0.2) is 12.2 Å². The molecule has 4 atom stereocenters. The van der Waals surface area contributed by atoms with Crippen LogP contribution in [-0.2, 0) is 4.74 Å². The maximum atomic E-state index is 5.46. The minimum absolute atomic E-state index is 0.841. The summed E-state index contributed by atoms with van der Waals surface area (Å²) in [7, 11) is 0. The lowest BCUT2D eigenvalue weighted by atomic mass is 9.65. The normalized spacial score (nSPS) is 37.8. The van der Waals surface area contributed by atoms with Gasteiger partial charge in [-0.15, -0.1) is 0 Å². The Balaban J connectivity index is 1.58. The van der Waals surface area contributed by atoms with E-state index < -0.39 is 0 Å². The molecule has 0 amide bonds. The van der Waals surface area contributed by atoms with Gasteiger partial charge in [-0.2, -0.15) is 0 Å². The Bertz CT molecular complexity index is 308. The second-order valence-electron chi connectivity index (χ2n) is 6.83. The van der Waals surface area contributed by atoms with Crippen LogP contribution in [0.5, 0.6) is 0 Å². The lowest BCUT2D eigenvalue weighted by Gasteiger charge is -2.42. The Morgan fingerprint density at radius 2 is 2.00 bits per heavy atom. The summed E-state index contributed by atoms with van der Waals surface area (Å²) in [5, 5.41) is 0. The number of hydrogen-bond donors (Lipinski definition) is 0. The van der Waals surface area contributed by atoms with Crippen LogP contribution in [0.2, 0.25) is 0 Å². The van der Waals surface area contributed by atoms with Crippen molar-refractivity contribution in [2.75, 3.05) is 32.8 Å². The maximum absolute atomic E-state index is 5.46. The van der Waals surface area contributed by atoms with Crippen LogP contribution in [0.3, 0.4) is 0 Å². The van der Waals surface area contributed by atoms with Gasteiger partial charge >= 0.3 is 0 Å². The third-order valence-corrected chi connectivity index (χ3v) is 5.60. The van der Waals surface area contributed by atoms with E-state index in [1.165, 1.54) is 38.6 Å². The number of rotatable bonds is 3. The van der Waals surface area contributed by atoms with E-state index in [0.29, 0.717) is 0 Å². The molecule has 2 fully saturated rings. The summed E-state index contributed by atoms with van der Waals surface area (Å²) in [5.41, 5.74) is 0. The van der Waals surface area contributed by atoms with Gasteiger partial charge in [-0.05, 0) is 42.9 Å². The highest BCUT2D eigenvalue weighted by molar-refractivity contribution is 5.03. The highest BCUT2D eigenvalue weighted by atomic mass is 16.5. The zero-order valence-corrected chi connectivity index (χ0v) is 12.4. The Hall–Kier alpha value is -0.340. The van der Waals surface area contributed by atoms with E-state index >= 15 is 0 Å². The minimum atomic E-state index is 0.841. The van der Waals surface area contributed by atoms with Crippen LogP contribution in [0.4, 0.5) is 0 Å². The van der Waals surface area contributed by atoms with Crippen LogP contribution in [0.25, 0.3) is 0 Å². The van der Waals surface area contributed by atoms with Crippen molar-refractivity contribution < 1.29 is 4.74 Å². The molecule has 2 nitrogen and oxygen atoms in total. The number of ether oxygens (including phenoxy) is 1. The fourth-order valence-electron chi connectivity index (χ4n) is 4.52. The average Bonchev–Trinajstić information content (AvgIpc) is 2.47. The van der Waals surface area contributed by atoms with E-state index in [-0.39, 0.29) is 0 Å². The molecule has 2 aliphatic carbocycles. The van der Waals surface area contributed by atoms with Crippen molar-refractivity contribution in [1.82, 2.24) is 4.90 Å². The van der Waals surface area contributed by atoms with Crippen molar-refractivity contribution >= 4 is 0 Å². The monoisotopic (exact) mass is 263 g/mol. The van der Waals surface area contributed by atoms with Crippen molar-refractivity contribution in [3.8, 4) is 0 Å². The van der Waals surface area contributed by atoms with Gasteiger partial charge in [0.25, 0.3) is 0 Å². The summed E-state index contributed by atoms with van der Waals surface area (Å²) < 4.78 is 5.46. The summed E-state index contributed by atoms with van der Waals surface area (Å²) in [6.07, 6.45) is 12.2. The number of hydrogen-bond acceptors (Lipinski definition) is 2. The molecule has 0 N–H and O–H groups in total. The predicted octanol–water partition coefficient (Wildman–Crippen LogP) is 3.34. The lowest BCUT2D eigenvalue weighted by Crippen LogP contribution is -2.42. The standard InChI is InChI=1S/C17H29NO/c1-14(13-18-9-11-19-12-10-18)16-8-4-6-15-5-2-3-7-17(15)16/h4,6,14-17H,2-3,5,7-13H2,1H3. The molecule has 19 heavy (non-hydrogen) atoms. The van der Waals surface area contributed by atoms with Gasteiger partial charge in [0.2, 0.25) is 0 Å². The smallest absolute Gasteiger partial charge is 0.0594 e. The van der Waals surface area contributed by atoms with Gasteiger partial charge in [0, 0.05) is 19.6 Å². The van der Waals surface area contributed by atoms with Crippen LogP contribution < -0.4 is 0 Å². The van der Waals surface area contributed by atoms with Gasteiger partial charge in [-0.1, -0.05) is 31.9 Å². The maximum Gasteiger partial charge on any atom is 0.0594 e. The van der Waals surface area contributed by atoms with Crippen molar-refractivity contribution in [1.29, 1.82) is 0 Å². The second-order valence-corrected chi connectivity index (χ2v) is 6.83. The SMILES string of the molecule is CC(CN1CCOCC1)C1CC=CC2CCCCC21. The van der Waals surface area contributed by atoms with Crippen LogP contribution in [0.1, 0.15) is 39.0 Å². The molecule has 1 saturated heterocycles. The van der Waals surface area contributed by atoms with Gasteiger partial charge in [-0.25, -0.2) is 0 Å². The summed E-state index contributed by atoms with van der Waals surface area (Å²) in [6.45, 7) is 7.92. The van der Waals surface area contributed by atoms with Crippen molar-refractivity contribution in [3.05, 3.63) is 12.2 Å². The van der Waals surface area contributed by atoms with Gasteiger partial charge in [0.15, 0.2) is 0 Å². The third-order valence-electron chi connectivity index (χ3n) is 5.60. The van der Waals surface area contributed by atoms with Gasteiger partial charge in [0.05, 0.1) is 13.2 Å². The summed E-state index contributed by atoms with van der Waals surface area (Å²) >= 11 is 0. The Morgan fingerprint density at radius 3 is 2.84 bits per heavy atom. The molecular formula is C17H29NO. The summed E-state index contributed by atoms with van der Waals surface area (Å²) in [4.78, 5) is 2.62. The number of morpholine rings is 1. The van der Waals surface area contributed by atoms with Gasteiger partial charge in [-0.3, -0.25) is 4.90 Å². The van der Waals surface area contributed by atoms with E-state index in [0.717, 1.165) is 50.0 Å². The largest absolute Gasteiger partial charge is 0.379 e. The Morgan fingerprint density at radius 1 is 1.21 bits per heavy atom. The second kappa shape index (κ2) is 6.41. The number of fused-ring (bicyclic) bond motifs is 1. The lowest BCUT2D eigenvalue weighted by molar-refractivity contribution is 0.0200. The molecule has 4 unspecified atom stereocenters. The molecule has 108 valence electrons. The molecule has 1 aliphatic heterocycles. The first-order valence-corrected chi connectivity index (χ1v) is 8.31. The van der Waals surface area contributed by atoms with Gasteiger partial charge < -0.3 is 4.74 Å². The minimum Gasteiger partial charge on any atom is -0.379 e. The molecule has 0 aromatic carbocycles. The number of nitrogens with zero attached hydrogens (tertiary/aromatic N) is 1. The third kappa shape index (κ3) is 3.22. The molecule has 0 aromatic heterocycles. The van der Waals surface area contributed by atoms with Crippen LogP contribution in [-0.4, -0.2) is 37.7 Å². The molecule has 0 radical (unpaired) electrons. The van der Waals surface area contributed by atoms with E-state index in [4.69, 9.17) is 4.74 Å². The molecule has 1 heterocycles. The predicted molar refractivity (Wildman–Crippen MR) is 79.1 cm³/mol. The van der Waals surface area contributed by atoms with E-state index in [2.05, 4.69) is 24.0 Å². The molecular weight excluding hydrogens is 234 g/mol. The fourth-order valence-corrected chi connectivity index (χ4v) is 4.52. The molecule has 3 aliphatic rings. The Labute approximate surface area is 118 Å². The Kier molecular flexibility index (Phi) is 4.60. The van der Waals surface area contributed by atoms with Crippen molar-refractivity contribution in [2.45, 2.75) is 39.0 Å². The zero-order chi connectivity index (χ0) is 13.1. The molecule has 0 bridgehead atoms. The zero-order valence-electron chi connectivity index (χ0n) is 12.4. The molecule has 1 saturated carbocycles. The molecule has 0 aromatic rings. The topological polar surface area (TPSA) is 12.5 Å². The van der Waals surface area contributed by atoms with Crippen LogP contribution in [0, 0.1) is 23.7 Å². The van der Waals surface area contributed by atoms with Crippen LogP contribution >= 0.6 is 0 Å². The average molecular weight is 263 g/mol.